The van der Waals surface area contributed by atoms with Crippen molar-refractivity contribution >= 4 is 121 Å². The molecule has 7 nitrogen and oxygen atoms in total. The van der Waals surface area contributed by atoms with Crippen LogP contribution in [0.25, 0.3) is 110 Å². The van der Waals surface area contributed by atoms with Gasteiger partial charge in [-0.3, -0.25) is 0 Å². The Bertz CT molecular complexity index is 4630. The van der Waals surface area contributed by atoms with Gasteiger partial charge in [0.25, 0.3) is 0 Å². The van der Waals surface area contributed by atoms with E-state index in [1.165, 1.54) is 0 Å². The van der Waals surface area contributed by atoms with E-state index in [0.29, 0.717) is 22.3 Å². The van der Waals surface area contributed by atoms with Gasteiger partial charge in [-0.2, -0.15) is 10.5 Å². The number of rotatable bonds is 8. The third-order valence-corrected chi connectivity index (χ3v) is 15.1. The van der Waals surface area contributed by atoms with Crippen molar-refractivity contribution in [3.05, 3.63) is 254 Å². The zero-order valence-corrected chi connectivity index (χ0v) is 41.1. The lowest BCUT2D eigenvalue weighted by atomic mass is 9.96. The van der Waals surface area contributed by atoms with E-state index < -0.39 is 0 Å². The molecule has 7 heteroatoms. The van der Waals surface area contributed by atoms with Crippen molar-refractivity contribution in [1.82, 2.24) is 0 Å². The van der Waals surface area contributed by atoms with E-state index >= 15 is 0 Å². The maximum absolute atomic E-state index is 9.97. The summed E-state index contributed by atoms with van der Waals surface area (Å²) in [6.45, 7) is 0. The Hall–Kier alpha value is -10.9. The molecule has 15 rings (SSSR count). The number of para-hydroxylation sites is 4. The van der Waals surface area contributed by atoms with Crippen molar-refractivity contribution in [3.8, 4) is 34.4 Å². The van der Waals surface area contributed by atoms with Crippen LogP contribution in [0.15, 0.2) is 256 Å². The first-order valence-corrected chi connectivity index (χ1v) is 25.5. The van der Waals surface area contributed by atoms with Crippen LogP contribution in [0.3, 0.4) is 0 Å². The highest BCUT2D eigenvalue weighted by Crippen LogP contribution is 2.52. The summed E-state index contributed by atoms with van der Waals surface area (Å²) in [6, 6.07) is 87.3. The third-order valence-electron chi connectivity index (χ3n) is 15.1. The van der Waals surface area contributed by atoms with E-state index in [1.54, 1.807) is 0 Å². The van der Waals surface area contributed by atoms with Crippen molar-refractivity contribution in [2.24, 2.45) is 0 Å². The van der Waals surface area contributed by atoms with Gasteiger partial charge < -0.3 is 23.1 Å². The quantitative estimate of drug-likeness (QED) is 0.150. The van der Waals surface area contributed by atoms with Crippen LogP contribution in [0.1, 0.15) is 11.1 Å². The zero-order valence-electron chi connectivity index (χ0n) is 41.1. The molecule has 0 aliphatic rings. The molecular weight excluding hydrogens is 945 g/mol. The van der Waals surface area contributed by atoms with Crippen LogP contribution in [0, 0.1) is 22.7 Å². The minimum absolute atomic E-state index is 0.562. The molecule has 0 spiro atoms. The molecule has 0 unspecified atom stereocenters. The van der Waals surface area contributed by atoms with Crippen LogP contribution >= 0.6 is 0 Å². The molecule has 0 amide bonds. The molecule has 3 aromatic heterocycles. The predicted octanol–water partition coefficient (Wildman–Crippen LogP) is 19.7. The summed E-state index contributed by atoms with van der Waals surface area (Å²) in [6.07, 6.45) is 0. The Morgan fingerprint density at radius 1 is 0.286 bits per heavy atom. The number of furan rings is 3. The fraction of sp³-hybridized carbons (Fsp3) is 0. The monoisotopic (exact) mass is 984 g/mol. The average molecular weight is 985 g/mol. The molecule has 0 radical (unpaired) electrons. The molecule has 77 heavy (non-hydrogen) atoms. The van der Waals surface area contributed by atoms with E-state index in [4.69, 9.17) is 13.3 Å². The molecule has 3 heterocycles. The number of hydrogen-bond acceptors (Lipinski definition) is 7. The van der Waals surface area contributed by atoms with Crippen LogP contribution in [0.4, 0.5) is 34.1 Å². The predicted molar refractivity (Wildman–Crippen MR) is 313 cm³/mol. The molecule has 15 aromatic rings. The second-order valence-electron chi connectivity index (χ2n) is 19.3. The molecule has 0 aliphatic heterocycles. The first-order chi connectivity index (χ1) is 38.1. The minimum Gasteiger partial charge on any atom is -0.456 e. The fourth-order valence-corrected chi connectivity index (χ4v) is 11.7. The summed E-state index contributed by atoms with van der Waals surface area (Å²) in [5.41, 5.74) is 14.9. The van der Waals surface area contributed by atoms with Crippen LogP contribution in [0.2, 0.25) is 0 Å². The molecule has 12 aromatic carbocycles. The van der Waals surface area contributed by atoms with Crippen molar-refractivity contribution in [3.63, 3.8) is 0 Å². The van der Waals surface area contributed by atoms with E-state index in [9.17, 15) is 10.5 Å². The zero-order chi connectivity index (χ0) is 51.1. The summed E-state index contributed by atoms with van der Waals surface area (Å²) < 4.78 is 21.4. The Morgan fingerprint density at radius 3 is 1.04 bits per heavy atom. The molecule has 0 N–H and O–H groups in total. The number of hydrogen-bond donors (Lipinski definition) is 0. The van der Waals surface area contributed by atoms with E-state index in [2.05, 4.69) is 180 Å². The fourth-order valence-electron chi connectivity index (χ4n) is 11.7. The van der Waals surface area contributed by atoms with Crippen molar-refractivity contribution in [2.75, 3.05) is 9.80 Å². The number of nitriles is 2. The van der Waals surface area contributed by atoms with Crippen molar-refractivity contribution < 1.29 is 13.3 Å². The van der Waals surface area contributed by atoms with E-state index in [0.717, 1.165) is 133 Å². The van der Waals surface area contributed by atoms with Gasteiger partial charge in [0.2, 0.25) is 0 Å². The largest absolute Gasteiger partial charge is 0.456 e. The van der Waals surface area contributed by atoms with E-state index in [1.807, 2.05) is 84.9 Å². The Morgan fingerprint density at radius 2 is 0.636 bits per heavy atom. The van der Waals surface area contributed by atoms with Gasteiger partial charge in [-0.15, -0.1) is 0 Å². The highest BCUT2D eigenvalue weighted by molar-refractivity contribution is 6.31. The Balaban J connectivity index is 0.988. The molecule has 0 bridgehead atoms. The highest BCUT2D eigenvalue weighted by Gasteiger charge is 2.28. The van der Waals surface area contributed by atoms with Crippen LogP contribution in [-0.2, 0) is 0 Å². The highest BCUT2D eigenvalue weighted by atomic mass is 16.3. The molecule has 0 aliphatic carbocycles. The molecule has 0 atom stereocenters. The minimum atomic E-state index is 0.562. The molecule has 0 fully saturated rings. The van der Waals surface area contributed by atoms with Gasteiger partial charge >= 0.3 is 0 Å². The van der Waals surface area contributed by atoms with Gasteiger partial charge in [-0.1, -0.05) is 170 Å². The average Bonchev–Trinajstić information content (AvgIpc) is 4.40. The lowest BCUT2D eigenvalue weighted by molar-refractivity contribution is 0.668. The third kappa shape index (κ3) is 6.82. The standard InChI is InChI=1S/C70H40N4O3/c71-41-43-31-35-47(36-32-43)73(59-29-13-27-57-55-25-11-23-49(67(55)76-69(57)59)45-15-3-1-4-16-45)61-39-63-65(53-21-9-7-19-51(53)61)66-54-22-10-8-20-52(54)62(40-64(66)75-63)74(48-37-33-44(42-72)34-38-48)60-30-14-28-58-56-26-12-24-50(68(56)77-70(58)60)46-17-5-2-6-18-46/h1-40H. The van der Waals surface area contributed by atoms with E-state index in [-0.39, 0.29) is 0 Å². The topological polar surface area (TPSA) is 93.5 Å². The van der Waals surface area contributed by atoms with Crippen LogP contribution in [0.5, 0.6) is 0 Å². The normalized spacial score (nSPS) is 11.6. The Kier molecular flexibility index (Phi) is 9.87. The number of fused-ring (bicyclic) bond motifs is 13. The lowest BCUT2D eigenvalue weighted by Gasteiger charge is -2.27. The van der Waals surface area contributed by atoms with Crippen molar-refractivity contribution in [1.29, 1.82) is 10.5 Å². The second-order valence-corrected chi connectivity index (χ2v) is 19.3. The summed E-state index contributed by atoms with van der Waals surface area (Å²) >= 11 is 0. The summed E-state index contributed by atoms with van der Waals surface area (Å²) in [5, 5.41) is 30.0. The summed E-state index contributed by atoms with van der Waals surface area (Å²) in [7, 11) is 0. The van der Waals surface area contributed by atoms with Crippen molar-refractivity contribution in [2.45, 2.75) is 0 Å². The van der Waals surface area contributed by atoms with Gasteiger partial charge in [0.05, 0.1) is 46.0 Å². The molecule has 0 saturated carbocycles. The molecular formula is C70H40N4O3. The number of nitrogens with zero attached hydrogens (tertiary/aromatic N) is 4. The lowest BCUT2D eigenvalue weighted by Crippen LogP contribution is -2.11. The maximum atomic E-state index is 9.97. The van der Waals surface area contributed by atoms with Gasteiger partial charge in [0.15, 0.2) is 11.2 Å². The second kappa shape index (κ2) is 17.4. The Labute approximate surface area is 441 Å². The molecule has 0 saturated heterocycles. The van der Waals surface area contributed by atoms with Gasteiger partial charge in [0, 0.05) is 77.7 Å². The van der Waals surface area contributed by atoms with Crippen LogP contribution in [-0.4, -0.2) is 0 Å². The first kappa shape index (κ1) is 43.7. The summed E-state index contributed by atoms with van der Waals surface area (Å²) in [4.78, 5) is 4.47. The molecule has 358 valence electrons. The maximum Gasteiger partial charge on any atom is 0.159 e. The van der Waals surface area contributed by atoms with Gasteiger partial charge in [-0.05, 0) is 82.6 Å². The van der Waals surface area contributed by atoms with Crippen LogP contribution < -0.4 is 9.80 Å². The van der Waals surface area contributed by atoms with Gasteiger partial charge in [-0.25, -0.2) is 0 Å². The summed E-state index contributed by atoms with van der Waals surface area (Å²) in [5.74, 6) is 0. The first-order valence-electron chi connectivity index (χ1n) is 25.5. The van der Waals surface area contributed by atoms with Gasteiger partial charge in [0.1, 0.15) is 22.3 Å². The smallest absolute Gasteiger partial charge is 0.159 e. The number of anilines is 6. The SMILES string of the molecule is N#Cc1ccc(N(c2cc3oc4cc(N(c5ccc(C#N)cc5)c5cccc6c5oc5c(-c7ccccc7)cccc56)c5ccccc5c4c3c3ccccc23)c2cccc3c2oc2c(-c4ccccc4)cccc23)cc1. The number of benzene rings is 12.